The van der Waals surface area contributed by atoms with Crippen LogP contribution in [-0.4, -0.2) is 24.5 Å². The molecule has 58 heavy (non-hydrogen) atoms. The van der Waals surface area contributed by atoms with Crippen molar-refractivity contribution in [3.05, 3.63) is 200 Å². The summed E-state index contributed by atoms with van der Waals surface area (Å²) in [5.74, 6) is 1.87. The molecule has 3 heterocycles. The Morgan fingerprint density at radius 3 is 1.62 bits per heavy atom. The highest BCUT2D eigenvalue weighted by Gasteiger charge is 2.23. The Balaban J connectivity index is 1.15. The number of aromatic nitrogens is 5. The van der Waals surface area contributed by atoms with Crippen LogP contribution in [0.3, 0.4) is 0 Å². The minimum atomic E-state index is 0.612. The molecule has 0 unspecified atom stereocenters. The Bertz CT molecular complexity index is 3210. The molecule has 0 atom stereocenters. The summed E-state index contributed by atoms with van der Waals surface area (Å²) >= 11 is 1.73. The first-order chi connectivity index (χ1) is 28.8. The predicted molar refractivity (Wildman–Crippen MR) is 240 cm³/mol. The van der Waals surface area contributed by atoms with Crippen LogP contribution in [0.5, 0.6) is 0 Å². The van der Waals surface area contributed by atoms with E-state index in [1.54, 1.807) is 11.3 Å². The zero-order chi connectivity index (χ0) is 38.4. The molecule has 0 aliphatic rings. The minimum Gasteiger partial charge on any atom is -0.309 e. The van der Waals surface area contributed by atoms with Gasteiger partial charge in [-0.15, -0.1) is 11.3 Å². The van der Waals surface area contributed by atoms with Gasteiger partial charge in [0.1, 0.15) is 5.01 Å². The first kappa shape index (κ1) is 33.8. The second kappa shape index (κ2) is 14.2. The third-order valence-corrected chi connectivity index (χ3v) is 11.8. The smallest absolute Gasteiger partial charge is 0.164 e. The van der Waals surface area contributed by atoms with E-state index in [9.17, 15) is 0 Å². The van der Waals surface area contributed by atoms with Crippen molar-refractivity contribution in [2.75, 3.05) is 0 Å². The maximum atomic E-state index is 5.20. The number of para-hydroxylation sites is 1. The van der Waals surface area contributed by atoms with Crippen LogP contribution in [0, 0.1) is 0 Å². The summed E-state index contributed by atoms with van der Waals surface area (Å²) in [6.45, 7) is 0. The van der Waals surface area contributed by atoms with Crippen LogP contribution in [0.2, 0.25) is 0 Å². The van der Waals surface area contributed by atoms with Crippen molar-refractivity contribution in [2.45, 2.75) is 0 Å². The van der Waals surface area contributed by atoms with Crippen molar-refractivity contribution in [3.8, 4) is 72.7 Å². The second-order valence-electron chi connectivity index (χ2n) is 14.2. The predicted octanol–water partition coefficient (Wildman–Crippen LogP) is 13.6. The van der Waals surface area contributed by atoms with Gasteiger partial charge in [-0.25, -0.2) is 19.9 Å². The van der Waals surface area contributed by atoms with E-state index in [1.165, 1.54) is 21.0 Å². The third-order valence-electron chi connectivity index (χ3n) is 10.7. The molecule has 0 fully saturated rings. The SMILES string of the molecule is c1ccc(-c2nc(-c3ccccc3)nc(-c3cccc(-n4c5ccccc5c5c(-c6ccc7sc(-c8ccccc8)nc7c6)cccc54)c3-c3ccccc3)n2)cc1. The standard InChI is InChI=1S/C52H33N5S/c1-5-17-34(18-6-1)47-41(51-55-49(35-19-7-2-8-20-35)54-50(56-51)36-21-9-3-10-22-36)27-16-29-44(47)57-43-28-14-13-25-40(43)48-39(26-15-30-45(48)57)38-31-32-46-42(33-38)53-52(58-46)37-23-11-4-12-24-37/h1-33H. The van der Waals surface area contributed by atoms with Gasteiger partial charge < -0.3 is 4.57 Å². The first-order valence-electron chi connectivity index (χ1n) is 19.3. The second-order valence-corrected chi connectivity index (χ2v) is 15.3. The van der Waals surface area contributed by atoms with Gasteiger partial charge >= 0.3 is 0 Å². The molecule has 0 saturated carbocycles. The van der Waals surface area contributed by atoms with Gasteiger partial charge in [0.05, 0.1) is 26.9 Å². The molecule has 0 aliphatic heterocycles. The number of fused-ring (bicyclic) bond motifs is 4. The Morgan fingerprint density at radius 1 is 0.379 bits per heavy atom. The zero-order valence-electron chi connectivity index (χ0n) is 31.2. The summed E-state index contributed by atoms with van der Waals surface area (Å²) in [5, 5.41) is 3.40. The van der Waals surface area contributed by atoms with Crippen LogP contribution in [-0.2, 0) is 0 Å². The third kappa shape index (κ3) is 5.86. The molecule has 272 valence electrons. The molecular weight excluding hydrogens is 727 g/mol. The van der Waals surface area contributed by atoms with Gasteiger partial charge in [0.15, 0.2) is 17.5 Å². The number of rotatable bonds is 7. The molecular formula is C52H33N5S. The summed E-state index contributed by atoms with van der Waals surface area (Å²) < 4.78 is 3.58. The van der Waals surface area contributed by atoms with Crippen LogP contribution in [0.15, 0.2) is 200 Å². The molecule has 0 aliphatic carbocycles. The zero-order valence-corrected chi connectivity index (χ0v) is 32.0. The molecule has 0 amide bonds. The minimum absolute atomic E-state index is 0.612. The first-order valence-corrected chi connectivity index (χ1v) is 20.1. The molecule has 11 rings (SSSR count). The largest absolute Gasteiger partial charge is 0.309 e. The Hall–Kier alpha value is -7.54. The van der Waals surface area contributed by atoms with Gasteiger partial charge in [0.2, 0.25) is 0 Å². The quantitative estimate of drug-likeness (QED) is 0.162. The van der Waals surface area contributed by atoms with E-state index < -0.39 is 0 Å². The van der Waals surface area contributed by atoms with Crippen LogP contribution in [0.4, 0.5) is 0 Å². The Kier molecular flexibility index (Phi) is 8.26. The molecule has 5 nitrogen and oxygen atoms in total. The fraction of sp³-hybridized carbons (Fsp3) is 0. The lowest BCUT2D eigenvalue weighted by Gasteiger charge is -2.18. The summed E-state index contributed by atoms with van der Waals surface area (Å²) in [6.07, 6.45) is 0. The van der Waals surface area contributed by atoms with Crippen molar-refractivity contribution in [1.82, 2.24) is 24.5 Å². The summed E-state index contributed by atoms with van der Waals surface area (Å²) in [7, 11) is 0. The number of thiazole rings is 1. The fourth-order valence-electron chi connectivity index (χ4n) is 8.07. The summed E-state index contributed by atoms with van der Waals surface area (Å²) in [5.41, 5.74) is 12.6. The highest BCUT2D eigenvalue weighted by molar-refractivity contribution is 7.21. The van der Waals surface area contributed by atoms with E-state index in [0.29, 0.717) is 17.5 Å². The van der Waals surface area contributed by atoms with Gasteiger partial charge in [0.25, 0.3) is 0 Å². The van der Waals surface area contributed by atoms with Crippen LogP contribution < -0.4 is 0 Å². The van der Waals surface area contributed by atoms with E-state index in [-0.39, 0.29) is 0 Å². The lowest BCUT2D eigenvalue weighted by Crippen LogP contribution is -2.03. The Morgan fingerprint density at radius 2 is 0.931 bits per heavy atom. The van der Waals surface area contributed by atoms with Crippen molar-refractivity contribution < 1.29 is 0 Å². The van der Waals surface area contributed by atoms with Crippen LogP contribution in [0.25, 0.3) is 105 Å². The van der Waals surface area contributed by atoms with Crippen molar-refractivity contribution in [2.24, 2.45) is 0 Å². The van der Waals surface area contributed by atoms with Gasteiger partial charge in [-0.3, -0.25) is 0 Å². The molecule has 0 spiro atoms. The summed E-state index contributed by atoms with van der Waals surface area (Å²) in [6, 6.07) is 69.8. The molecule has 0 saturated heterocycles. The number of nitrogens with zero attached hydrogens (tertiary/aromatic N) is 5. The van der Waals surface area contributed by atoms with E-state index in [4.69, 9.17) is 19.9 Å². The van der Waals surface area contributed by atoms with E-state index in [0.717, 1.165) is 66.2 Å². The molecule has 11 aromatic rings. The molecule has 0 N–H and O–H groups in total. The number of hydrogen-bond acceptors (Lipinski definition) is 5. The van der Waals surface area contributed by atoms with Gasteiger partial charge in [-0.1, -0.05) is 170 Å². The highest BCUT2D eigenvalue weighted by Crippen LogP contribution is 2.44. The average molecular weight is 760 g/mol. The normalized spacial score (nSPS) is 11.4. The lowest BCUT2D eigenvalue weighted by molar-refractivity contribution is 1.07. The number of benzene rings is 8. The van der Waals surface area contributed by atoms with E-state index in [1.807, 2.05) is 66.7 Å². The van der Waals surface area contributed by atoms with Gasteiger partial charge in [-0.2, -0.15) is 0 Å². The van der Waals surface area contributed by atoms with Gasteiger partial charge in [0, 0.05) is 38.6 Å². The monoisotopic (exact) mass is 759 g/mol. The van der Waals surface area contributed by atoms with Crippen LogP contribution >= 0.6 is 11.3 Å². The van der Waals surface area contributed by atoms with E-state index in [2.05, 4.69) is 138 Å². The fourth-order valence-corrected chi connectivity index (χ4v) is 9.02. The van der Waals surface area contributed by atoms with Crippen LogP contribution in [0.1, 0.15) is 0 Å². The molecule has 3 aromatic heterocycles. The van der Waals surface area contributed by atoms with E-state index >= 15 is 0 Å². The molecule has 0 radical (unpaired) electrons. The highest BCUT2D eigenvalue weighted by atomic mass is 32.1. The van der Waals surface area contributed by atoms with Crippen molar-refractivity contribution >= 4 is 43.4 Å². The molecule has 0 bridgehead atoms. The summed E-state index contributed by atoms with van der Waals surface area (Å²) in [4.78, 5) is 20.5. The topological polar surface area (TPSA) is 56.5 Å². The maximum Gasteiger partial charge on any atom is 0.164 e. The van der Waals surface area contributed by atoms with Crippen molar-refractivity contribution in [3.63, 3.8) is 0 Å². The lowest BCUT2D eigenvalue weighted by atomic mass is 9.96. The number of hydrogen-bond donors (Lipinski definition) is 0. The molecule has 6 heteroatoms. The van der Waals surface area contributed by atoms with Gasteiger partial charge in [-0.05, 0) is 47.0 Å². The molecule has 8 aromatic carbocycles. The Labute approximate surface area is 339 Å². The van der Waals surface area contributed by atoms with Crippen molar-refractivity contribution in [1.29, 1.82) is 0 Å². The average Bonchev–Trinajstić information content (AvgIpc) is 3.89. The maximum absolute atomic E-state index is 5.20.